The number of hydrogen-bond acceptors (Lipinski definition) is 4. The molecule has 0 saturated heterocycles. The van der Waals surface area contributed by atoms with Gasteiger partial charge in [-0.25, -0.2) is 0 Å². The van der Waals surface area contributed by atoms with E-state index in [0.717, 1.165) is 0 Å². The van der Waals surface area contributed by atoms with Crippen LogP contribution in [-0.4, -0.2) is 21.3 Å². The van der Waals surface area contributed by atoms with E-state index in [0.29, 0.717) is 0 Å². The number of aliphatic carboxylic acids is 1. The smallest absolute Gasteiger partial charge is 1.00 e. The number of hydrogen-bond donors (Lipinski definition) is 2. The fourth-order valence-corrected chi connectivity index (χ4v) is 1.32. The van der Waals surface area contributed by atoms with Gasteiger partial charge in [0.15, 0.2) is 10.3 Å². The molecular formula is C6H5Cl2N2NaO2S. The Kier molecular flexibility index (Phi) is 6.36. The van der Waals surface area contributed by atoms with E-state index >= 15 is 0 Å². The molecule has 1 atom stereocenters. The SMILES string of the molecule is O=C(O)C(S)c1cc(Cl)nnc1Cl.[H-].[Na+]. The van der Waals surface area contributed by atoms with Crippen LogP contribution in [0.2, 0.25) is 10.3 Å². The van der Waals surface area contributed by atoms with Gasteiger partial charge in [-0.3, -0.25) is 4.79 Å². The molecule has 0 aliphatic rings. The first-order chi connectivity index (χ1) is 6.02. The van der Waals surface area contributed by atoms with Gasteiger partial charge in [-0.15, -0.1) is 10.2 Å². The molecule has 8 heteroatoms. The first kappa shape index (κ1) is 14.5. The summed E-state index contributed by atoms with van der Waals surface area (Å²) >= 11 is 14.9. The zero-order valence-electron chi connectivity index (χ0n) is 8.11. The molecule has 1 aromatic rings. The number of carbonyl (C=O) groups is 1. The van der Waals surface area contributed by atoms with Crippen LogP contribution in [0.15, 0.2) is 6.07 Å². The Balaban J connectivity index is 0. The Labute approximate surface area is 119 Å². The second-order valence-corrected chi connectivity index (χ2v) is 3.42. The molecule has 14 heavy (non-hydrogen) atoms. The van der Waals surface area contributed by atoms with Crippen molar-refractivity contribution in [3.8, 4) is 0 Å². The van der Waals surface area contributed by atoms with Gasteiger partial charge in [-0.2, -0.15) is 12.6 Å². The maximum absolute atomic E-state index is 10.5. The van der Waals surface area contributed by atoms with Gasteiger partial charge in [0.1, 0.15) is 5.25 Å². The predicted octanol–water partition coefficient (Wildman–Crippen LogP) is -1.04. The second kappa shape index (κ2) is 6.15. The van der Waals surface area contributed by atoms with Crippen LogP contribution in [0, 0.1) is 0 Å². The van der Waals surface area contributed by atoms with Crippen LogP contribution in [-0.2, 0) is 4.79 Å². The zero-order valence-corrected chi connectivity index (χ0v) is 11.5. The van der Waals surface area contributed by atoms with Crippen LogP contribution in [0.25, 0.3) is 0 Å². The summed E-state index contributed by atoms with van der Waals surface area (Å²) in [5.41, 5.74) is 0.234. The van der Waals surface area contributed by atoms with Gasteiger partial charge in [0.2, 0.25) is 0 Å². The van der Waals surface area contributed by atoms with Crippen LogP contribution in [0.5, 0.6) is 0 Å². The Morgan fingerprint density at radius 1 is 1.57 bits per heavy atom. The fraction of sp³-hybridized carbons (Fsp3) is 0.167. The zero-order chi connectivity index (χ0) is 10.0. The summed E-state index contributed by atoms with van der Waals surface area (Å²) in [6.45, 7) is 0. The van der Waals surface area contributed by atoms with Gasteiger partial charge < -0.3 is 6.53 Å². The number of thiol groups is 1. The van der Waals surface area contributed by atoms with E-state index in [1.165, 1.54) is 6.07 Å². The molecule has 0 saturated carbocycles. The molecule has 1 N–H and O–H groups in total. The normalized spacial score (nSPS) is 11.6. The number of nitrogens with zero attached hydrogens (tertiary/aromatic N) is 2. The summed E-state index contributed by atoms with van der Waals surface area (Å²) in [6, 6.07) is 1.32. The van der Waals surface area contributed by atoms with Crippen LogP contribution < -0.4 is 29.6 Å². The fourth-order valence-electron chi connectivity index (χ4n) is 0.691. The first-order valence-corrected chi connectivity index (χ1v) is 4.39. The molecule has 1 rings (SSSR count). The standard InChI is InChI=1S/C6H4Cl2N2O2S.Na.H/c7-3-1-2(4(13)6(11)12)5(8)10-9-3;;/h1,4,13H,(H,11,12);;/q;+1;-1. The molecule has 1 unspecified atom stereocenters. The van der Waals surface area contributed by atoms with E-state index in [1.807, 2.05) is 0 Å². The molecule has 4 nitrogen and oxygen atoms in total. The molecule has 72 valence electrons. The third kappa shape index (κ3) is 3.56. The van der Waals surface area contributed by atoms with Crippen molar-refractivity contribution in [2.45, 2.75) is 5.25 Å². The summed E-state index contributed by atoms with van der Waals surface area (Å²) in [6.07, 6.45) is 0. The molecule has 0 aliphatic heterocycles. The van der Waals surface area contributed by atoms with Crippen molar-refractivity contribution >= 4 is 41.8 Å². The number of aromatic nitrogens is 2. The molecular weight excluding hydrogens is 258 g/mol. The number of halogens is 2. The average molecular weight is 263 g/mol. The first-order valence-electron chi connectivity index (χ1n) is 3.12. The number of rotatable bonds is 2. The summed E-state index contributed by atoms with van der Waals surface area (Å²) in [4.78, 5) is 10.5. The van der Waals surface area contributed by atoms with Crippen molar-refractivity contribution < 1.29 is 40.9 Å². The van der Waals surface area contributed by atoms with Crippen molar-refractivity contribution in [1.29, 1.82) is 0 Å². The number of carboxylic acids is 1. The summed E-state index contributed by atoms with van der Waals surface area (Å²) < 4.78 is 0. The minimum Gasteiger partial charge on any atom is -1.00 e. The third-order valence-corrected chi connectivity index (χ3v) is 2.25. The minimum atomic E-state index is -1.12. The van der Waals surface area contributed by atoms with Gasteiger partial charge in [-0.1, -0.05) is 23.2 Å². The van der Waals surface area contributed by atoms with Crippen molar-refractivity contribution in [1.82, 2.24) is 10.2 Å². The summed E-state index contributed by atoms with van der Waals surface area (Å²) in [7, 11) is 0. The van der Waals surface area contributed by atoms with Gasteiger partial charge in [-0.05, 0) is 6.07 Å². The predicted molar refractivity (Wildman–Crippen MR) is 52.5 cm³/mol. The third-order valence-electron chi connectivity index (χ3n) is 1.27. The topological polar surface area (TPSA) is 63.1 Å². The quantitative estimate of drug-likeness (QED) is 0.528. The van der Waals surface area contributed by atoms with Crippen LogP contribution in [0.4, 0.5) is 0 Å². The van der Waals surface area contributed by atoms with Crippen LogP contribution in [0.3, 0.4) is 0 Å². The largest absolute Gasteiger partial charge is 1.00 e. The van der Waals surface area contributed by atoms with Gasteiger partial charge in [0, 0.05) is 5.56 Å². The molecule has 0 aliphatic carbocycles. The van der Waals surface area contributed by atoms with Crippen molar-refractivity contribution in [2.75, 3.05) is 0 Å². The maximum atomic E-state index is 10.5. The molecule has 0 bridgehead atoms. The monoisotopic (exact) mass is 262 g/mol. The molecule has 0 amide bonds. The Morgan fingerprint density at radius 2 is 2.14 bits per heavy atom. The van der Waals surface area contributed by atoms with Crippen molar-refractivity contribution in [2.24, 2.45) is 0 Å². The summed E-state index contributed by atoms with van der Waals surface area (Å²) in [5, 5.41) is 14.5. The maximum Gasteiger partial charge on any atom is 1.00 e. The van der Waals surface area contributed by atoms with Gasteiger partial charge in [0.05, 0.1) is 0 Å². The second-order valence-electron chi connectivity index (χ2n) is 2.15. The molecule has 0 aromatic carbocycles. The van der Waals surface area contributed by atoms with Crippen LogP contribution in [0.1, 0.15) is 12.2 Å². The average Bonchev–Trinajstić information content (AvgIpc) is 2.08. The Hall–Kier alpha value is 0.480. The molecule has 1 aromatic heterocycles. The Bertz CT molecular complexity index is 358. The van der Waals surface area contributed by atoms with Crippen molar-refractivity contribution in [3.05, 3.63) is 21.9 Å². The van der Waals surface area contributed by atoms with E-state index in [-0.39, 0.29) is 46.9 Å². The van der Waals surface area contributed by atoms with E-state index in [2.05, 4.69) is 22.8 Å². The Morgan fingerprint density at radius 3 is 2.64 bits per heavy atom. The van der Waals surface area contributed by atoms with E-state index in [4.69, 9.17) is 28.3 Å². The van der Waals surface area contributed by atoms with E-state index < -0.39 is 11.2 Å². The van der Waals surface area contributed by atoms with Gasteiger partial charge >= 0.3 is 35.5 Å². The van der Waals surface area contributed by atoms with Crippen molar-refractivity contribution in [3.63, 3.8) is 0 Å². The minimum absolute atomic E-state index is 0. The summed E-state index contributed by atoms with van der Waals surface area (Å²) in [5.74, 6) is -1.12. The van der Waals surface area contributed by atoms with E-state index in [9.17, 15) is 4.79 Å². The van der Waals surface area contributed by atoms with E-state index in [1.54, 1.807) is 0 Å². The molecule has 0 fully saturated rings. The number of carboxylic acid groups (broad SMARTS) is 1. The molecule has 0 spiro atoms. The van der Waals surface area contributed by atoms with Crippen LogP contribution >= 0.6 is 35.8 Å². The van der Waals surface area contributed by atoms with Gasteiger partial charge in [0.25, 0.3) is 0 Å². The molecule has 1 heterocycles. The molecule has 0 radical (unpaired) electrons.